The van der Waals surface area contributed by atoms with Gasteiger partial charge in [0.25, 0.3) is 0 Å². The number of carbonyl (C=O) groups is 1. The molecule has 0 bridgehead atoms. The summed E-state index contributed by atoms with van der Waals surface area (Å²) >= 11 is 6.16. The molecule has 0 aliphatic heterocycles. The number of aliphatic hydroxyl groups excluding tert-OH is 1. The second kappa shape index (κ2) is 9.30. The van der Waals surface area contributed by atoms with Gasteiger partial charge in [0.15, 0.2) is 0 Å². The Balaban J connectivity index is 1.74. The second-order valence-electron chi connectivity index (χ2n) is 5.54. The Labute approximate surface area is 147 Å². The van der Waals surface area contributed by atoms with Crippen molar-refractivity contribution < 1.29 is 14.6 Å². The van der Waals surface area contributed by atoms with Crippen LogP contribution in [-0.4, -0.2) is 30.8 Å². The van der Waals surface area contributed by atoms with Gasteiger partial charge in [0.2, 0.25) is 5.91 Å². The van der Waals surface area contributed by atoms with Gasteiger partial charge in [-0.3, -0.25) is 4.79 Å². The Morgan fingerprint density at radius 1 is 1.21 bits per heavy atom. The minimum atomic E-state index is -1.00. The monoisotopic (exact) mass is 347 g/mol. The molecule has 0 radical (unpaired) electrons. The first-order valence-corrected chi connectivity index (χ1v) is 8.30. The Kier molecular flexibility index (Phi) is 7.09. The molecular formula is C19H22ClNO3. The van der Waals surface area contributed by atoms with Crippen LogP contribution in [0.1, 0.15) is 17.5 Å². The molecule has 0 fully saturated rings. The summed E-state index contributed by atoms with van der Waals surface area (Å²) in [5, 5.41) is 13.3. The van der Waals surface area contributed by atoms with Gasteiger partial charge in [0, 0.05) is 11.6 Å². The zero-order valence-electron chi connectivity index (χ0n) is 13.7. The SMILES string of the molecule is COc1ccc(CCNC(=O)C(O)CCc2ccccc2)c(Cl)c1. The van der Waals surface area contributed by atoms with Crippen LogP contribution < -0.4 is 10.1 Å². The predicted molar refractivity (Wildman–Crippen MR) is 95.5 cm³/mol. The van der Waals surface area contributed by atoms with E-state index in [1.807, 2.05) is 42.5 Å². The molecule has 2 aromatic rings. The fourth-order valence-corrected chi connectivity index (χ4v) is 2.64. The van der Waals surface area contributed by atoms with Crippen molar-refractivity contribution in [2.75, 3.05) is 13.7 Å². The summed E-state index contributed by atoms with van der Waals surface area (Å²) in [7, 11) is 1.59. The summed E-state index contributed by atoms with van der Waals surface area (Å²) in [6.07, 6.45) is 0.662. The van der Waals surface area contributed by atoms with Gasteiger partial charge in [-0.25, -0.2) is 0 Å². The van der Waals surface area contributed by atoms with Crippen molar-refractivity contribution in [1.29, 1.82) is 0 Å². The van der Waals surface area contributed by atoms with Gasteiger partial charge in [0.05, 0.1) is 7.11 Å². The van der Waals surface area contributed by atoms with Crippen molar-refractivity contribution >= 4 is 17.5 Å². The molecule has 1 unspecified atom stereocenters. The van der Waals surface area contributed by atoms with E-state index in [4.69, 9.17) is 16.3 Å². The molecule has 2 rings (SSSR count). The molecule has 2 aromatic carbocycles. The molecule has 5 heteroatoms. The lowest BCUT2D eigenvalue weighted by atomic mass is 10.1. The lowest BCUT2D eigenvalue weighted by molar-refractivity contribution is -0.129. The number of ether oxygens (including phenoxy) is 1. The van der Waals surface area contributed by atoms with Gasteiger partial charge in [-0.2, -0.15) is 0 Å². The van der Waals surface area contributed by atoms with Crippen molar-refractivity contribution in [3.05, 3.63) is 64.7 Å². The van der Waals surface area contributed by atoms with Crippen LogP contribution in [0.25, 0.3) is 0 Å². The van der Waals surface area contributed by atoms with Crippen LogP contribution in [0.2, 0.25) is 5.02 Å². The van der Waals surface area contributed by atoms with Crippen LogP contribution in [0.15, 0.2) is 48.5 Å². The van der Waals surface area contributed by atoms with Gasteiger partial charge in [-0.05, 0) is 42.5 Å². The molecule has 128 valence electrons. The number of hydrogen-bond acceptors (Lipinski definition) is 3. The van der Waals surface area contributed by atoms with E-state index < -0.39 is 6.10 Å². The number of rotatable bonds is 8. The molecule has 1 atom stereocenters. The van der Waals surface area contributed by atoms with Crippen LogP contribution >= 0.6 is 11.6 Å². The Hall–Kier alpha value is -2.04. The highest BCUT2D eigenvalue weighted by atomic mass is 35.5. The lowest BCUT2D eigenvalue weighted by Crippen LogP contribution is -2.36. The molecule has 0 saturated carbocycles. The Bertz CT molecular complexity index is 661. The first-order chi connectivity index (χ1) is 11.6. The summed E-state index contributed by atoms with van der Waals surface area (Å²) in [6.45, 7) is 0.424. The standard InChI is InChI=1S/C19H22ClNO3/c1-24-16-9-8-15(17(20)13-16)11-12-21-19(23)18(22)10-7-14-5-3-2-4-6-14/h2-6,8-9,13,18,22H,7,10-12H2,1H3,(H,21,23). The number of hydrogen-bond donors (Lipinski definition) is 2. The van der Waals surface area contributed by atoms with Crippen molar-refractivity contribution in [2.45, 2.75) is 25.4 Å². The minimum absolute atomic E-state index is 0.351. The summed E-state index contributed by atoms with van der Waals surface area (Å²) < 4.78 is 5.10. The van der Waals surface area contributed by atoms with Gasteiger partial charge >= 0.3 is 0 Å². The first-order valence-electron chi connectivity index (χ1n) is 7.92. The van der Waals surface area contributed by atoms with Crippen LogP contribution in [0.5, 0.6) is 5.75 Å². The Morgan fingerprint density at radius 3 is 2.62 bits per heavy atom. The topological polar surface area (TPSA) is 58.6 Å². The molecule has 1 amide bonds. The fourth-order valence-electron chi connectivity index (χ4n) is 2.38. The van der Waals surface area contributed by atoms with E-state index in [9.17, 15) is 9.90 Å². The second-order valence-corrected chi connectivity index (χ2v) is 5.95. The average molecular weight is 348 g/mol. The van der Waals surface area contributed by atoms with E-state index in [1.54, 1.807) is 13.2 Å². The number of amides is 1. The Morgan fingerprint density at radius 2 is 1.96 bits per heavy atom. The molecule has 0 aliphatic carbocycles. The van der Waals surface area contributed by atoms with E-state index in [0.29, 0.717) is 36.6 Å². The van der Waals surface area contributed by atoms with Crippen molar-refractivity contribution in [3.8, 4) is 5.75 Å². The van der Waals surface area contributed by atoms with Crippen LogP contribution in [0, 0.1) is 0 Å². The minimum Gasteiger partial charge on any atom is -0.497 e. The fraction of sp³-hybridized carbons (Fsp3) is 0.316. The van der Waals surface area contributed by atoms with Crippen molar-refractivity contribution in [3.63, 3.8) is 0 Å². The average Bonchev–Trinajstić information content (AvgIpc) is 2.61. The smallest absolute Gasteiger partial charge is 0.248 e. The predicted octanol–water partition coefficient (Wildman–Crippen LogP) is 3.00. The maximum atomic E-state index is 11.9. The molecule has 0 aliphatic rings. The molecule has 0 heterocycles. The van der Waals surface area contributed by atoms with E-state index in [0.717, 1.165) is 11.1 Å². The summed E-state index contributed by atoms with van der Waals surface area (Å²) in [6, 6.07) is 15.2. The molecule has 24 heavy (non-hydrogen) atoms. The van der Waals surface area contributed by atoms with Gasteiger partial charge < -0.3 is 15.2 Å². The lowest BCUT2D eigenvalue weighted by Gasteiger charge is -2.12. The molecular weight excluding hydrogens is 326 g/mol. The summed E-state index contributed by atoms with van der Waals surface area (Å²) in [5.41, 5.74) is 2.03. The summed E-state index contributed by atoms with van der Waals surface area (Å²) in [4.78, 5) is 11.9. The van der Waals surface area contributed by atoms with E-state index in [1.165, 1.54) is 0 Å². The zero-order valence-corrected chi connectivity index (χ0v) is 14.4. The number of nitrogens with one attached hydrogen (secondary N) is 1. The third kappa shape index (κ3) is 5.55. The number of aliphatic hydroxyl groups is 1. The quantitative estimate of drug-likeness (QED) is 0.771. The highest BCUT2D eigenvalue weighted by Gasteiger charge is 2.14. The van der Waals surface area contributed by atoms with Gasteiger partial charge in [-0.15, -0.1) is 0 Å². The maximum absolute atomic E-state index is 11.9. The maximum Gasteiger partial charge on any atom is 0.248 e. The van der Waals surface area contributed by atoms with E-state index >= 15 is 0 Å². The number of halogens is 1. The summed E-state index contributed by atoms with van der Waals surface area (Å²) in [5.74, 6) is 0.347. The number of methoxy groups -OCH3 is 1. The highest BCUT2D eigenvalue weighted by Crippen LogP contribution is 2.22. The molecule has 4 nitrogen and oxygen atoms in total. The van der Waals surface area contributed by atoms with Crippen LogP contribution in [0.4, 0.5) is 0 Å². The van der Waals surface area contributed by atoms with Gasteiger partial charge in [0.1, 0.15) is 11.9 Å². The van der Waals surface area contributed by atoms with Crippen molar-refractivity contribution in [1.82, 2.24) is 5.32 Å². The number of carbonyl (C=O) groups excluding carboxylic acids is 1. The zero-order chi connectivity index (χ0) is 17.4. The van der Waals surface area contributed by atoms with Crippen LogP contribution in [0.3, 0.4) is 0 Å². The highest BCUT2D eigenvalue weighted by molar-refractivity contribution is 6.31. The molecule has 0 spiro atoms. The third-order valence-corrected chi connectivity index (χ3v) is 4.16. The normalized spacial score (nSPS) is 11.8. The van der Waals surface area contributed by atoms with Crippen molar-refractivity contribution in [2.24, 2.45) is 0 Å². The number of benzene rings is 2. The molecule has 0 aromatic heterocycles. The van der Waals surface area contributed by atoms with E-state index in [-0.39, 0.29) is 5.91 Å². The largest absolute Gasteiger partial charge is 0.497 e. The van der Waals surface area contributed by atoms with Crippen LogP contribution in [-0.2, 0) is 17.6 Å². The van der Waals surface area contributed by atoms with Gasteiger partial charge in [-0.1, -0.05) is 48.0 Å². The molecule has 0 saturated heterocycles. The molecule has 2 N–H and O–H groups in total. The first kappa shape index (κ1) is 18.3. The number of aryl methyl sites for hydroxylation is 1. The third-order valence-electron chi connectivity index (χ3n) is 3.81. The van der Waals surface area contributed by atoms with E-state index in [2.05, 4.69) is 5.32 Å².